The molecule has 0 unspecified atom stereocenters. The molecule has 1 aromatic carbocycles. The number of fused-ring (bicyclic) bond motifs is 1. The van der Waals surface area contributed by atoms with E-state index in [9.17, 15) is 4.79 Å². The lowest BCUT2D eigenvalue weighted by Crippen LogP contribution is -2.21. The van der Waals surface area contributed by atoms with Crippen LogP contribution in [0, 0.1) is 0 Å². The highest BCUT2D eigenvalue weighted by Gasteiger charge is 2.29. The van der Waals surface area contributed by atoms with Gasteiger partial charge in [-0.2, -0.15) is 5.10 Å². The SMILES string of the molecule is CCCCn1nc(C2=N[C@@H](C(=O)OC)CO2)c2ccccc21. The standard InChI is InChI=1S/C16H19N3O3/c1-3-4-9-19-13-8-6-5-7-11(13)14(18-19)15-17-12(10-22-15)16(20)21-2/h5-8,12H,3-4,9-10H2,1-2H3/t12-/m1/s1. The van der Waals surface area contributed by atoms with Gasteiger partial charge in [0.1, 0.15) is 6.61 Å². The third kappa shape index (κ3) is 2.56. The van der Waals surface area contributed by atoms with Crippen molar-refractivity contribution in [2.75, 3.05) is 13.7 Å². The lowest BCUT2D eigenvalue weighted by atomic mass is 10.2. The molecule has 116 valence electrons. The van der Waals surface area contributed by atoms with Gasteiger partial charge in [0.25, 0.3) is 0 Å². The maximum absolute atomic E-state index is 11.6. The fourth-order valence-electron chi connectivity index (χ4n) is 2.52. The van der Waals surface area contributed by atoms with E-state index in [0.29, 0.717) is 11.6 Å². The van der Waals surface area contributed by atoms with Crippen LogP contribution in [0.3, 0.4) is 0 Å². The second-order valence-corrected chi connectivity index (χ2v) is 5.23. The molecule has 1 aliphatic heterocycles. The van der Waals surface area contributed by atoms with Crippen molar-refractivity contribution in [3.8, 4) is 0 Å². The lowest BCUT2D eigenvalue weighted by Gasteiger charge is -2.00. The second-order valence-electron chi connectivity index (χ2n) is 5.23. The molecular formula is C16H19N3O3. The predicted molar refractivity (Wildman–Crippen MR) is 82.9 cm³/mol. The van der Waals surface area contributed by atoms with Crippen molar-refractivity contribution < 1.29 is 14.3 Å². The molecule has 0 spiro atoms. The molecule has 0 saturated carbocycles. The number of esters is 1. The van der Waals surface area contributed by atoms with Gasteiger partial charge in [-0.15, -0.1) is 0 Å². The Morgan fingerprint density at radius 1 is 1.45 bits per heavy atom. The van der Waals surface area contributed by atoms with Crippen LogP contribution in [-0.4, -0.2) is 41.4 Å². The van der Waals surface area contributed by atoms with E-state index in [-0.39, 0.29) is 12.6 Å². The first-order valence-corrected chi connectivity index (χ1v) is 7.49. The summed E-state index contributed by atoms with van der Waals surface area (Å²) < 4.78 is 12.3. The molecule has 0 aliphatic carbocycles. The van der Waals surface area contributed by atoms with Gasteiger partial charge in [-0.1, -0.05) is 31.5 Å². The molecule has 0 saturated heterocycles. The molecule has 22 heavy (non-hydrogen) atoms. The number of aliphatic imine (C=N–C) groups is 1. The molecule has 0 bridgehead atoms. The van der Waals surface area contributed by atoms with Crippen LogP contribution in [0.1, 0.15) is 25.5 Å². The second kappa shape index (κ2) is 6.17. The predicted octanol–water partition coefficient (Wildman–Crippen LogP) is 2.15. The Morgan fingerprint density at radius 2 is 2.27 bits per heavy atom. The Balaban J connectivity index is 1.99. The monoisotopic (exact) mass is 301 g/mol. The maximum Gasteiger partial charge on any atom is 0.334 e. The summed E-state index contributed by atoms with van der Waals surface area (Å²) in [6, 6.07) is 7.39. The third-order valence-electron chi connectivity index (χ3n) is 3.71. The fourth-order valence-corrected chi connectivity index (χ4v) is 2.52. The summed E-state index contributed by atoms with van der Waals surface area (Å²) in [5.41, 5.74) is 1.75. The zero-order chi connectivity index (χ0) is 15.5. The molecule has 1 atom stereocenters. The normalized spacial score (nSPS) is 17.4. The summed E-state index contributed by atoms with van der Waals surface area (Å²) in [7, 11) is 1.35. The topological polar surface area (TPSA) is 65.7 Å². The maximum atomic E-state index is 11.6. The van der Waals surface area contributed by atoms with Gasteiger partial charge in [0.2, 0.25) is 5.90 Å². The highest BCUT2D eigenvalue weighted by Crippen LogP contribution is 2.22. The van der Waals surface area contributed by atoms with Crippen LogP contribution in [0.15, 0.2) is 29.3 Å². The van der Waals surface area contributed by atoms with E-state index in [1.807, 2.05) is 28.9 Å². The number of methoxy groups -OCH3 is 1. The number of ether oxygens (including phenoxy) is 2. The van der Waals surface area contributed by atoms with Gasteiger partial charge >= 0.3 is 5.97 Å². The van der Waals surface area contributed by atoms with E-state index in [1.165, 1.54) is 7.11 Å². The van der Waals surface area contributed by atoms with Crippen LogP contribution in [-0.2, 0) is 20.8 Å². The summed E-state index contributed by atoms with van der Waals surface area (Å²) in [4.78, 5) is 15.9. The molecule has 0 radical (unpaired) electrons. The Labute approximate surface area is 128 Å². The van der Waals surface area contributed by atoms with Crippen LogP contribution in [0.4, 0.5) is 0 Å². The lowest BCUT2D eigenvalue weighted by molar-refractivity contribution is -0.142. The number of para-hydroxylation sites is 1. The van der Waals surface area contributed by atoms with Gasteiger partial charge in [0.15, 0.2) is 11.7 Å². The average Bonchev–Trinajstić information content (AvgIpc) is 3.17. The van der Waals surface area contributed by atoms with Crippen LogP contribution in [0.2, 0.25) is 0 Å². The van der Waals surface area contributed by atoms with Crippen molar-refractivity contribution in [2.24, 2.45) is 4.99 Å². The highest BCUT2D eigenvalue weighted by molar-refractivity contribution is 6.06. The third-order valence-corrected chi connectivity index (χ3v) is 3.71. The van der Waals surface area contributed by atoms with Crippen LogP contribution in [0.5, 0.6) is 0 Å². The molecule has 0 amide bonds. The van der Waals surface area contributed by atoms with Gasteiger partial charge in [-0.05, 0) is 12.5 Å². The minimum Gasteiger partial charge on any atom is -0.473 e. The number of rotatable bonds is 5. The van der Waals surface area contributed by atoms with Crippen LogP contribution in [0.25, 0.3) is 10.9 Å². The van der Waals surface area contributed by atoms with E-state index >= 15 is 0 Å². The summed E-state index contributed by atoms with van der Waals surface area (Å²) in [6.07, 6.45) is 2.16. The fraction of sp³-hybridized carbons (Fsp3) is 0.438. The molecule has 1 aromatic heterocycles. The van der Waals surface area contributed by atoms with Gasteiger partial charge < -0.3 is 9.47 Å². The average molecular weight is 301 g/mol. The van der Waals surface area contributed by atoms with Gasteiger partial charge in [-0.3, -0.25) is 4.68 Å². The summed E-state index contributed by atoms with van der Waals surface area (Å²) in [5.74, 6) is 0.0339. The van der Waals surface area contributed by atoms with E-state index < -0.39 is 6.04 Å². The minimum atomic E-state index is -0.598. The summed E-state index contributed by atoms with van der Waals surface area (Å²) >= 11 is 0. The van der Waals surface area contributed by atoms with Crippen molar-refractivity contribution in [1.82, 2.24) is 9.78 Å². The number of hydrogen-bond donors (Lipinski definition) is 0. The Morgan fingerprint density at radius 3 is 3.05 bits per heavy atom. The van der Waals surface area contributed by atoms with E-state index in [2.05, 4.69) is 17.0 Å². The molecule has 2 heterocycles. The molecule has 3 rings (SSSR count). The zero-order valence-corrected chi connectivity index (χ0v) is 12.8. The minimum absolute atomic E-state index is 0.207. The first kappa shape index (κ1) is 14.6. The van der Waals surface area contributed by atoms with E-state index in [4.69, 9.17) is 9.47 Å². The van der Waals surface area contributed by atoms with Gasteiger partial charge in [0, 0.05) is 11.9 Å². The number of nitrogens with zero attached hydrogens (tertiary/aromatic N) is 3. The molecule has 2 aromatic rings. The van der Waals surface area contributed by atoms with Gasteiger partial charge in [-0.25, -0.2) is 9.79 Å². The molecule has 6 heteroatoms. The molecule has 6 nitrogen and oxygen atoms in total. The summed E-state index contributed by atoms with van der Waals surface area (Å²) in [6.45, 7) is 3.21. The van der Waals surface area contributed by atoms with Gasteiger partial charge in [0.05, 0.1) is 12.6 Å². The van der Waals surface area contributed by atoms with Crippen molar-refractivity contribution in [2.45, 2.75) is 32.4 Å². The van der Waals surface area contributed by atoms with Crippen molar-refractivity contribution >= 4 is 22.8 Å². The Kier molecular flexibility index (Phi) is 4.09. The molecule has 0 fully saturated rings. The van der Waals surface area contributed by atoms with E-state index in [0.717, 1.165) is 30.3 Å². The van der Waals surface area contributed by atoms with Crippen molar-refractivity contribution in [1.29, 1.82) is 0 Å². The number of carbonyl (C=O) groups is 1. The number of carbonyl (C=O) groups excluding carboxylic acids is 1. The number of aromatic nitrogens is 2. The van der Waals surface area contributed by atoms with Crippen molar-refractivity contribution in [3.05, 3.63) is 30.0 Å². The quantitative estimate of drug-likeness (QED) is 0.794. The first-order chi connectivity index (χ1) is 10.7. The number of hydrogen-bond acceptors (Lipinski definition) is 5. The molecule has 1 aliphatic rings. The Bertz CT molecular complexity index is 720. The molecular weight excluding hydrogens is 282 g/mol. The number of unbranched alkanes of at least 4 members (excludes halogenated alkanes) is 1. The van der Waals surface area contributed by atoms with Crippen LogP contribution < -0.4 is 0 Å². The van der Waals surface area contributed by atoms with Crippen molar-refractivity contribution in [3.63, 3.8) is 0 Å². The first-order valence-electron chi connectivity index (χ1n) is 7.49. The summed E-state index contributed by atoms with van der Waals surface area (Å²) in [5, 5.41) is 5.63. The highest BCUT2D eigenvalue weighted by atomic mass is 16.5. The van der Waals surface area contributed by atoms with Crippen LogP contribution >= 0.6 is 0 Å². The van der Waals surface area contributed by atoms with E-state index in [1.54, 1.807) is 0 Å². The molecule has 0 N–H and O–H groups in total. The zero-order valence-electron chi connectivity index (χ0n) is 12.8. The largest absolute Gasteiger partial charge is 0.473 e. The Hall–Kier alpha value is -2.37. The smallest absolute Gasteiger partial charge is 0.334 e. The number of aryl methyl sites for hydroxylation is 1. The number of benzene rings is 1.